The van der Waals surface area contributed by atoms with E-state index in [1.54, 1.807) is 0 Å². The van der Waals surface area contributed by atoms with Gasteiger partial charge in [-0.05, 0) is 24.5 Å². The summed E-state index contributed by atoms with van der Waals surface area (Å²) < 4.78 is 1.05. The highest BCUT2D eigenvalue weighted by Gasteiger charge is 2.09. The highest BCUT2D eigenvalue weighted by molar-refractivity contribution is 9.10. The van der Waals surface area contributed by atoms with Gasteiger partial charge >= 0.3 is 0 Å². The van der Waals surface area contributed by atoms with Gasteiger partial charge in [-0.2, -0.15) is 0 Å². The molecule has 94 valence electrons. The average Bonchev–Trinajstić information content (AvgIpc) is 2.31. The summed E-state index contributed by atoms with van der Waals surface area (Å²) in [6, 6.07) is 7.91. The summed E-state index contributed by atoms with van der Waals surface area (Å²) in [4.78, 5) is 8.87. The van der Waals surface area contributed by atoms with Crippen LogP contribution in [0.3, 0.4) is 0 Å². The maximum atomic E-state index is 5.84. The molecule has 0 spiro atoms. The Balaban J connectivity index is 2.53. The molecule has 4 heteroatoms. The van der Waals surface area contributed by atoms with Gasteiger partial charge in [-0.15, -0.1) is 0 Å². The Hall–Kier alpha value is -1.42. The molecule has 0 bridgehead atoms. The van der Waals surface area contributed by atoms with Gasteiger partial charge in [-0.25, -0.2) is 9.97 Å². The number of nitrogens with zero attached hydrogens (tertiary/aromatic N) is 2. The molecule has 0 amide bonds. The first-order valence-corrected chi connectivity index (χ1v) is 6.67. The monoisotopic (exact) mass is 305 g/mol. The molecule has 0 radical (unpaired) electrons. The second-order valence-corrected chi connectivity index (χ2v) is 5.51. The quantitative estimate of drug-likeness (QED) is 0.915. The lowest BCUT2D eigenvalue weighted by Gasteiger charge is -2.09. The van der Waals surface area contributed by atoms with Gasteiger partial charge in [-0.3, -0.25) is 0 Å². The van der Waals surface area contributed by atoms with Gasteiger partial charge in [0.05, 0.1) is 0 Å². The average molecular weight is 306 g/mol. The SMILES string of the molecule is Cc1ccc(-c2nc(N)cc(C(C)C)n2)cc1Br. The lowest BCUT2D eigenvalue weighted by Crippen LogP contribution is -2.01. The Morgan fingerprint density at radius 2 is 1.89 bits per heavy atom. The van der Waals surface area contributed by atoms with Crippen LogP contribution in [0.4, 0.5) is 5.82 Å². The maximum absolute atomic E-state index is 5.84. The van der Waals surface area contributed by atoms with Crippen molar-refractivity contribution < 1.29 is 0 Å². The second-order valence-electron chi connectivity index (χ2n) is 4.66. The number of hydrogen-bond acceptors (Lipinski definition) is 3. The summed E-state index contributed by atoms with van der Waals surface area (Å²) in [5.74, 6) is 1.53. The Kier molecular flexibility index (Phi) is 3.66. The van der Waals surface area contributed by atoms with Crippen molar-refractivity contribution in [3.63, 3.8) is 0 Å². The van der Waals surface area contributed by atoms with Crippen LogP contribution in [0.25, 0.3) is 11.4 Å². The van der Waals surface area contributed by atoms with Crippen molar-refractivity contribution in [2.75, 3.05) is 5.73 Å². The van der Waals surface area contributed by atoms with Gasteiger partial charge in [0, 0.05) is 21.8 Å². The van der Waals surface area contributed by atoms with Crippen molar-refractivity contribution >= 4 is 21.7 Å². The fourth-order valence-electron chi connectivity index (χ4n) is 1.64. The summed E-state index contributed by atoms with van der Waals surface area (Å²) >= 11 is 3.52. The molecule has 0 atom stereocenters. The van der Waals surface area contributed by atoms with Crippen LogP contribution >= 0.6 is 15.9 Å². The molecule has 18 heavy (non-hydrogen) atoms. The molecule has 2 rings (SSSR count). The van der Waals surface area contributed by atoms with E-state index in [4.69, 9.17) is 5.73 Å². The lowest BCUT2D eigenvalue weighted by atomic mass is 10.1. The van der Waals surface area contributed by atoms with Gasteiger partial charge in [0.1, 0.15) is 5.82 Å². The van der Waals surface area contributed by atoms with Gasteiger partial charge in [-0.1, -0.05) is 41.9 Å². The molecular formula is C14H16BrN3. The Bertz CT molecular complexity index is 579. The molecule has 0 aliphatic rings. The van der Waals surface area contributed by atoms with Crippen LogP contribution in [0.15, 0.2) is 28.7 Å². The molecule has 1 aromatic carbocycles. The van der Waals surface area contributed by atoms with E-state index in [1.807, 2.05) is 31.2 Å². The zero-order valence-corrected chi connectivity index (χ0v) is 12.3. The number of nitrogens with two attached hydrogens (primary N) is 1. The highest BCUT2D eigenvalue weighted by Crippen LogP contribution is 2.25. The smallest absolute Gasteiger partial charge is 0.161 e. The molecule has 2 aromatic rings. The van der Waals surface area contributed by atoms with Gasteiger partial charge in [0.2, 0.25) is 0 Å². The molecule has 1 heterocycles. The summed E-state index contributed by atoms with van der Waals surface area (Å²) in [6.45, 7) is 6.24. The van der Waals surface area contributed by atoms with E-state index in [1.165, 1.54) is 5.56 Å². The van der Waals surface area contributed by atoms with Crippen molar-refractivity contribution in [1.82, 2.24) is 9.97 Å². The third kappa shape index (κ3) is 2.70. The Morgan fingerprint density at radius 1 is 1.17 bits per heavy atom. The minimum Gasteiger partial charge on any atom is -0.384 e. The van der Waals surface area contributed by atoms with Crippen LogP contribution in [0.5, 0.6) is 0 Å². The fraction of sp³-hybridized carbons (Fsp3) is 0.286. The number of anilines is 1. The molecule has 1 aromatic heterocycles. The van der Waals surface area contributed by atoms with Gasteiger partial charge < -0.3 is 5.73 Å². The maximum Gasteiger partial charge on any atom is 0.161 e. The molecule has 0 saturated carbocycles. The zero-order chi connectivity index (χ0) is 13.3. The first-order valence-electron chi connectivity index (χ1n) is 5.88. The highest BCUT2D eigenvalue weighted by atomic mass is 79.9. The van der Waals surface area contributed by atoms with Crippen LogP contribution in [0, 0.1) is 6.92 Å². The standard InChI is InChI=1S/C14H16BrN3/c1-8(2)12-7-13(16)18-14(17-12)10-5-4-9(3)11(15)6-10/h4-8H,1-3H3,(H2,16,17,18). The lowest BCUT2D eigenvalue weighted by molar-refractivity contribution is 0.818. The van der Waals surface area contributed by atoms with E-state index in [2.05, 4.69) is 39.7 Å². The number of aromatic nitrogens is 2. The first-order chi connectivity index (χ1) is 8.47. The van der Waals surface area contributed by atoms with Crippen molar-refractivity contribution in [3.8, 4) is 11.4 Å². The van der Waals surface area contributed by atoms with E-state index < -0.39 is 0 Å². The predicted molar refractivity (Wildman–Crippen MR) is 78.4 cm³/mol. The van der Waals surface area contributed by atoms with Crippen LogP contribution in [-0.2, 0) is 0 Å². The molecular weight excluding hydrogens is 290 g/mol. The van der Waals surface area contributed by atoms with E-state index >= 15 is 0 Å². The zero-order valence-electron chi connectivity index (χ0n) is 10.7. The summed E-state index contributed by atoms with van der Waals surface area (Å²) in [5.41, 5.74) is 8.97. The van der Waals surface area contributed by atoms with E-state index in [9.17, 15) is 0 Å². The van der Waals surface area contributed by atoms with Gasteiger partial charge in [0.25, 0.3) is 0 Å². The summed E-state index contributed by atoms with van der Waals surface area (Å²) in [5, 5.41) is 0. The minimum atomic E-state index is 0.336. The molecule has 3 nitrogen and oxygen atoms in total. The van der Waals surface area contributed by atoms with E-state index in [-0.39, 0.29) is 0 Å². The number of rotatable bonds is 2. The van der Waals surface area contributed by atoms with E-state index in [0.717, 1.165) is 15.7 Å². The van der Waals surface area contributed by atoms with Crippen molar-refractivity contribution in [2.45, 2.75) is 26.7 Å². The largest absolute Gasteiger partial charge is 0.384 e. The van der Waals surface area contributed by atoms with Crippen LogP contribution in [0.2, 0.25) is 0 Å². The van der Waals surface area contributed by atoms with Crippen LogP contribution in [-0.4, -0.2) is 9.97 Å². The Morgan fingerprint density at radius 3 is 2.50 bits per heavy atom. The number of hydrogen-bond donors (Lipinski definition) is 1. The van der Waals surface area contributed by atoms with E-state index in [0.29, 0.717) is 17.6 Å². The van der Waals surface area contributed by atoms with Crippen molar-refractivity contribution in [1.29, 1.82) is 0 Å². The second kappa shape index (κ2) is 5.06. The van der Waals surface area contributed by atoms with Crippen molar-refractivity contribution in [2.24, 2.45) is 0 Å². The van der Waals surface area contributed by atoms with Gasteiger partial charge in [0.15, 0.2) is 5.82 Å². The minimum absolute atomic E-state index is 0.336. The molecule has 2 N–H and O–H groups in total. The van der Waals surface area contributed by atoms with Crippen LogP contribution < -0.4 is 5.73 Å². The molecule has 0 aliphatic heterocycles. The number of aryl methyl sites for hydroxylation is 1. The Labute approximate surface area is 116 Å². The molecule has 0 saturated heterocycles. The summed E-state index contributed by atoms with van der Waals surface area (Å²) in [7, 11) is 0. The third-order valence-electron chi connectivity index (χ3n) is 2.79. The molecule has 0 aliphatic carbocycles. The molecule has 0 unspecified atom stereocenters. The number of benzene rings is 1. The third-order valence-corrected chi connectivity index (χ3v) is 3.64. The first kappa shape index (κ1) is 13.0. The topological polar surface area (TPSA) is 51.8 Å². The van der Waals surface area contributed by atoms with Crippen LogP contribution in [0.1, 0.15) is 31.0 Å². The predicted octanol–water partition coefficient (Wildman–Crippen LogP) is 3.92. The normalized spacial score (nSPS) is 10.9. The number of halogens is 1. The fourth-order valence-corrected chi connectivity index (χ4v) is 2.02. The molecule has 0 fully saturated rings. The van der Waals surface area contributed by atoms with Crippen molar-refractivity contribution in [3.05, 3.63) is 40.0 Å². The number of nitrogen functional groups attached to an aromatic ring is 1. The summed E-state index contributed by atoms with van der Waals surface area (Å²) in [6.07, 6.45) is 0.